The first-order valence-corrected chi connectivity index (χ1v) is 9.38. The first-order valence-electron chi connectivity index (χ1n) is 7.90. The second-order valence-electron chi connectivity index (χ2n) is 6.11. The van der Waals surface area contributed by atoms with Crippen molar-refractivity contribution >= 4 is 10.0 Å². The largest absolute Gasteiger partial charge is 0.435 e. The highest BCUT2D eigenvalue weighted by atomic mass is 32.2. The van der Waals surface area contributed by atoms with E-state index in [1.165, 1.54) is 24.3 Å². The number of aromatic nitrogens is 2. The quantitative estimate of drug-likeness (QED) is 0.723. The average Bonchev–Trinajstić information content (AvgIpc) is 2.98. The molecule has 2 aromatic carbocycles. The minimum absolute atomic E-state index is 0.00590. The number of halogens is 3. The van der Waals surface area contributed by atoms with Crippen LogP contribution in [0.25, 0.3) is 11.3 Å². The Labute approximate surface area is 154 Å². The summed E-state index contributed by atoms with van der Waals surface area (Å²) in [7, 11) is -4.11. The minimum atomic E-state index is -4.71. The molecule has 0 unspecified atom stereocenters. The van der Waals surface area contributed by atoms with Crippen LogP contribution >= 0.6 is 0 Å². The van der Waals surface area contributed by atoms with Crippen molar-refractivity contribution in [3.63, 3.8) is 0 Å². The number of sulfonamides is 1. The molecular formula is C18H16F3N3O2S. The molecule has 1 aromatic heterocycles. The van der Waals surface area contributed by atoms with Crippen LogP contribution in [0.3, 0.4) is 0 Å². The third-order valence-electron chi connectivity index (χ3n) is 3.78. The number of nitrogens with zero attached hydrogens (tertiary/aromatic N) is 2. The maximum absolute atomic E-state index is 13.2. The number of hydrogen-bond acceptors (Lipinski definition) is 3. The molecule has 0 saturated carbocycles. The Balaban J connectivity index is 2.13. The van der Waals surface area contributed by atoms with Gasteiger partial charge in [0.05, 0.1) is 10.6 Å². The molecule has 3 rings (SSSR count). The van der Waals surface area contributed by atoms with Crippen LogP contribution in [0.1, 0.15) is 16.8 Å². The average molecular weight is 395 g/mol. The van der Waals surface area contributed by atoms with Gasteiger partial charge in [-0.15, -0.1) is 5.10 Å². The van der Waals surface area contributed by atoms with Crippen LogP contribution in [-0.4, -0.2) is 18.3 Å². The van der Waals surface area contributed by atoms with E-state index < -0.39 is 21.9 Å². The van der Waals surface area contributed by atoms with Gasteiger partial charge < -0.3 is 0 Å². The second-order valence-corrected chi connectivity index (χ2v) is 7.77. The monoisotopic (exact) mass is 395 g/mol. The number of benzene rings is 2. The first kappa shape index (κ1) is 19.0. The summed E-state index contributed by atoms with van der Waals surface area (Å²) in [5, 5.41) is 3.43. The summed E-state index contributed by atoms with van der Waals surface area (Å²) in [5.74, 6) is 0. The van der Waals surface area contributed by atoms with E-state index in [1.807, 2.05) is 6.07 Å². The van der Waals surface area contributed by atoms with Gasteiger partial charge in [0.1, 0.15) is 0 Å². The lowest BCUT2D eigenvalue weighted by molar-refractivity contribution is -0.141. The Morgan fingerprint density at radius 1 is 0.963 bits per heavy atom. The number of hydrogen-bond donors (Lipinski definition) is 1. The van der Waals surface area contributed by atoms with Gasteiger partial charge in [-0.2, -0.15) is 31.2 Å². The lowest BCUT2D eigenvalue weighted by Crippen LogP contribution is -2.25. The van der Waals surface area contributed by atoms with Crippen LogP contribution < -0.4 is 4.83 Å². The predicted molar refractivity (Wildman–Crippen MR) is 95.1 cm³/mol. The summed E-state index contributed by atoms with van der Waals surface area (Å²) in [6.07, 6.45) is -4.71. The summed E-state index contributed by atoms with van der Waals surface area (Å²) >= 11 is 0. The van der Waals surface area contributed by atoms with Gasteiger partial charge >= 0.3 is 6.18 Å². The van der Waals surface area contributed by atoms with Gasteiger partial charge in [-0.3, -0.25) is 0 Å². The molecule has 1 N–H and O–H groups in total. The van der Waals surface area contributed by atoms with Crippen molar-refractivity contribution in [2.24, 2.45) is 0 Å². The van der Waals surface area contributed by atoms with E-state index in [-0.39, 0.29) is 10.6 Å². The highest BCUT2D eigenvalue weighted by Gasteiger charge is 2.35. The Morgan fingerprint density at radius 3 is 2.11 bits per heavy atom. The molecule has 0 spiro atoms. The Bertz CT molecular complexity index is 1050. The number of nitrogens with one attached hydrogen (secondary N) is 1. The molecule has 142 valence electrons. The summed E-state index contributed by atoms with van der Waals surface area (Å²) in [5.41, 5.74) is 0.891. The predicted octanol–water partition coefficient (Wildman–Crippen LogP) is 4.12. The highest BCUT2D eigenvalue weighted by Crippen LogP contribution is 2.32. The SMILES string of the molecule is Cc1cc(C)cc(-c2cc(C(F)(F)F)nn2NS(=O)(=O)c2ccccc2)c1. The van der Waals surface area contributed by atoms with Crippen LogP contribution in [-0.2, 0) is 16.2 Å². The molecule has 1 heterocycles. The van der Waals surface area contributed by atoms with Crippen LogP contribution in [0.15, 0.2) is 59.5 Å². The summed E-state index contributed by atoms with van der Waals surface area (Å²) < 4.78 is 64.5. The maximum atomic E-state index is 13.2. The summed E-state index contributed by atoms with van der Waals surface area (Å²) in [6.45, 7) is 3.60. The molecular weight excluding hydrogens is 379 g/mol. The lowest BCUT2D eigenvalue weighted by atomic mass is 10.0. The molecule has 3 aromatic rings. The highest BCUT2D eigenvalue weighted by molar-refractivity contribution is 7.92. The zero-order valence-corrected chi connectivity index (χ0v) is 15.3. The van der Waals surface area contributed by atoms with Gasteiger partial charge in [0.2, 0.25) is 0 Å². The van der Waals surface area contributed by atoms with E-state index in [1.54, 1.807) is 32.0 Å². The molecule has 0 atom stereocenters. The van der Waals surface area contributed by atoms with Crippen molar-refractivity contribution in [1.29, 1.82) is 0 Å². The summed E-state index contributed by atoms with van der Waals surface area (Å²) in [4.78, 5) is 2.68. The molecule has 0 amide bonds. The van der Waals surface area contributed by atoms with Gasteiger partial charge in [-0.25, -0.2) is 0 Å². The van der Waals surface area contributed by atoms with E-state index in [0.29, 0.717) is 10.4 Å². The number of rotatable bonds is 4. The van der Waals surface area contributed by atoms with Crippen molar-refractivity contribution in [3.8, 4) is 11.3 Å². The standard InChI is InChI=1S/C18H16F3N3O2S/c1-12-8-13(2)10-14(9-12)16-11-17(18(19,20)21)22-24(16)23-27(25,26)15-6-4-3-5-7-15/h3-11,23H,1-2H3. The van der Waals surface area contributed by atoms with Crippen LogP contribution in [0, 0.1) is 13.8 Å². The van der Waals surface area contributed by atoms with Gasteiger partial charge in [-0.05, 0) is 44.2 Å². The number of alkyl halides is 3. The van der Waals surface area contributed by atoms with Crippen LogP contribution in [0.5, 0.6) is 0 Å². The van der Waals surface area contributed by atoms with Gasteiger partial charge in [0, 0.05) is 5.56 Å². The van der Waals surface area contributed by atoms with Crippen molar-refractivity contribution in [3.05, 3.63) is 71.4 Å². The smallest absolute Gasteiger partial charge is 0.200 e. The van der Waals surface area contributed by atoms with E-state index in [2.05, 4.69) is 9.93 Å². The molecule has 5 nitrogen and oxygen atoms in total. The van der Waals surface area contributed by atoms with Gasteiger partial charge in [0.25, 0.3) is 10.0 Å². The van der Waals surface area contributed by atoms with E-state index >= 15 is 0 Å². The fraction of sp³-hybridized carbons (Fsp3) is 0.167. The van der Waals surface area contributed by atoms with Crippen molar-refractivity contribution in [1.82, 2.24) is 9.89 Å². The molecule has 9 heteroatoms. The zero-order chi connectivity index (χ0) is 19.8. The fourth-order valence-corrected chi connectivity index (χ4v) is 3.67. The lowest BCUT2D eigenvalue weighted by Gasteiger charge is -2.12. The molecule has 0 radical (unpaired) electrons. The molecule has 0 aliphatic carbocycles. The third kappa shape index (κ3) is 4.13. The van der Waals surface area contributed by atoms with Crippen molar-refractivity contribution in [2.45, 2.75) is 24.9 Å². The van der Waals surface area contributed by atoms with Crippen molar-refractivity contribution < 1.29 is 21.6 Å². The van der Waals surface area contributed by atoms with E-state index in [9.17, 15) is 21.6 Å². The summed E-state index contributed by atoms with van der Waals surface area (Å²) in [6, 6.07) is 13.4. The molecule has 27 heavy (non-hydrogen) atoms. The molecule has 0 aliphatic heterocycles. The van der Waals surface area contributed by atoms with E-state index in [4.69, 9.17) is 0 Å². The maximum Gasteiger partial charge on any atom is 0.435 e. The Morgan fingerprint density at radius 2 is 1.56 bits per heavy atom. The molecule has 0 saturated heterocycles. The normalized spacial score (nSPS) is 12.2. The fourth-order valence-electron chi connectivity index (χ4n) is 2.68. The van der Waals surface area contributed by atoms with E-state index in [0.717, 1.165) is 17.2 Å². The third-order valence-corrected chi connectivity index (χ3v) is 5.08. The minimum Gasteiger partial charge on any atom is -0.200 e. The first-order chi connectivity index (χ1) is 12.6. The van der Waals surface area contributed by atoms with Crippen molar-refractivity contribution in [2.75, 3.05) is 4.83 Å². The molecule has 0 aliphatic rings. The van der Waals surface area contributed by atoms with Crippen LogP contribution in [0.4, 0.5) is 13.2 Å². The Kier molecular flexibility index (Phi) is 4.73. The zero-order valence-electron chi connectivity index (χ0n) is 14.4. The second kappa shape index (κ2) is 6.73. The Hall–Kier alpha value is -2.81. The molecule has 0 bridgehead atoms. The van der Waals surface area contributed by atoms with Gasteiger partial charge in [0.15, 0.2) is 5.69 Å². The van der Waals surface area contributed by atoms with Gasteiger partial charge in [-0.1, -0.05) is 35.4 Å². The topological polar surface area (TPSA) is 64.0 Å². The molecule has 0 fully saturated rings. The number of aryl methyl sites for hydroxylation is 2. The van der Waals surface area contributed by atoms with Crippen LogP contribution in [0.2, 0.25) is 0 Å².